The average Bonchev–Trinajstić information content (AvgIpc) is 2.49. The predicted octanol–water partition coefficient (Wildman–Crippen LogP) is 5.55. The Morgan fingerprint density at radius 2 is 1.75 bits per heavy atom. The average molecular weight is 323 g/mol. The number of phenols is 1. The van der Waals surface area contributed by atoms with E-state index in [9.17, 15) is 5.11 Å². The van der Waals surface area contributed by atoms with Crippen LogP contribution in [-0.2, 0) is 6.42 Å². The van der Waals surface area contributed by atoms with Crippen molar-refractivity contribution in [1.29, 1.82) is 0 Å². The summed E-state index contributed by atoms with van der Waals surface area (Å²) < 4.78 is 0. The second kappa shape index (κ2) is 6.16. The highest BCUT2D eigenvalue weighted by molar-refractivity contribution is 5.57. The van der Waals surface area contributed by atoms with Crippen LogP contribution in [0.25, 0.3) is 0 Å². The lowest BCUT2D eigenvalue weighted by Gasteiger charge is -2.36. The van der Waals surface area contributed by atoms with Crippen molar-refractivity contribution in [2.24, 2.45) is 5.41 Å². The van der Waals surface area contributed by atoms with E-state index in [0.717, 1.165) is 24.1 Å². The summed E-state index contributed by atoms with van der Waals surface area (Å²) in [6.07, 6.45) is 2.11. The van der Waals surface area contributed by atoms with Crippen molar-refractivity contribution in [1.82, 2.24) is 0 Å². The van der Waals surface area contributed by atoms with Gasteiger partial charge in [0.15, 0.2) is 0 Å². The van der Waals surface area contributed by atoms with E-state index in [0.29, 0.717) is 11.7 Å². The van der Waals surface area contributed by atoms with E-state index in [2.05, 4.69) is 58.1 Å². The Labute approximate surface area is 145 Å². The molecule has 1 atom stereocenters. The molecule has 1 aliphatic heterocycles. The van der Waals surface area contributed by atoms with Gasteiger partial charge in [-0.1, -0.05) is 32.9 Å². The molecule has 0 aliphatic carbocycles. The quantitative estimate of drug-likeness (QED) is 0.760. The highest BCUT2D eigenvalue weighted by Gasteiger charge is 2.30. The van der Waals surface area contributed by atoms with Gasteiger partial charge < -0.3 is 10.4 Å². The molecular formula is C22H29NO. The first-order valence-corrected chi connectivity index (χ1v) is 8.91. The van der Waals surface area contributed by atoms with E-state index in [1.165, 1.54) is 28.8 Å². The molecule has 0 aromatic heterocycles. The van der Waals surface area contributed by atoms with E-state index in [-0.39, 0.29) is 5.41 Å². The van der Waals surface area contributed by atoms with Crippen LogP contribution in [-0.4, -0.2) is 11.7 Å². The van der Waals surface area contributed by atoms with Gasteiger partial charge in [0.1, 0.15) is 5.75 Å². The van der Waals surface area contributed by atoms with E-state index >= 15 is 0 Å². The van der Waals surface area contributed by atoms with Gasteiger partial charge in [0.2, 0.25) is 0 Å². The van der Waals surface area contributed by atoms with Crippen LogP contribution in [0.3, 0.4) is 0 Å². The monoisotopic (exact) mass is 323 g/mol. The number of aromatic hydroxyl groups is 1. The van der Waals surface area contributed by atoms with E-state index < -0.39 is 0 Å². The Hall–Kier alpha value is -1.96. The van der Waals surface area contributed by atoms with Gasteiger partial charge in [-0.2, -0.15) is 0 Å². The van der Waals surface area contributed by atoms with Crippen molar-refractivity contribution in [3.63, 3.8) is 0 Å². The number of hydrogen-bond donors (Lipinski definition) is 2. The van der Waals surface area contributed by atoms with Crippen molar-refractivity contribution in [3.8, 4) is 5.75 Å². The van der Waals surface area contributed by atoms with Gasteiger partial charge in [0.25, 0.3) is 0 Å². The second-order valence-corrected chi connectivity index (χ2v) is 8.29. The Balaban J connectivity index is 1.97. The largest absolute Gasteiger partial charge is 0.508 e. The van der Waals surface area contributed by atoms with Crippen LogP contribution >= 0.6 is 0 Å². The molecule has 2 nitrogen and oxygen atoms in total. The fourth-order valence-electron chi connectivity index (χ4n) is 4.03. The molecule has 0 saturated heterocycles. The minimum atomic E-state index is 0.278. The lowest BCUT2D eigenvalue weighted by Crippen LogP contribution is -2.26. The van der Waals surface area contributed by atoms with Gasteiger partial charge in [0, 0.05) is 12.2 Å². The SMILES string of the molecule is Cc1cc(O)cc(C)c1Cc1ccc2c(c1)C(C(C)(C)C)CCN2. The molecule has 0 saturated carbocycles. The maximum Gasteiger partial charge on any atom is 0.116 e. The molecule has 1 aliphatic rings. The van der Waals surface area contributed by atoms with E-state index in [4.69, 9.17) is 0 Å². The lowest BCUT2D eigenvalue weighted by molar-refractivity contribution is 0.305. The summed E-state index contributed by atoms with van der Waals surface area (Å²) in [5, 5.41) is 13.3. The van der Waals surface area contributed by atoms with Gasteiger partial charge >= 0.3 is 0 Å². The van der Waals surface area contributed by atoms with Crippen molar-refractivity contribution in [3.05, 3.63) is 58.1 Å². The van der Waals surface area contributed by atoms with Crippen LogP contribution < -0.4 is 5.32 Å². The van der Waals surface area contributed by atoms with Crippen LogP contribution in [0.1, 0.15) is 60.9 Å². The normalized spacial score (nSPS) is 17.3. The number of benzene rings is 2. The zero-order chi connectivity index (χ0) is 17.5. The first kappa shape index (κ1) is 16.9. The fraction of sp³-hybridized carbons (Fsp3) is 0.455. The molecule has 0 spiro atoms. The maximum atomic E-state index is 9.76. The van der Waals surface area contributed by atoms with Gasteiger partial charge in [0.05, 0.1) is 0 Å². The van der Waals surface area contributed by atoms with E-state index in [1.54, 1.807) is 0 Å². The van der Waals surface area contributed by atoms with Gasteiger partial charge in [-0.3, -0.25) is 0 Å². The number of anilines is 1. The van der Waals surface area contributed by atoms with Crippen molar-refractivity contribution < 1.29 is 5.11 Å². The Morgan fingerprint density at radius 1 is 1.08 bits per heavy atom. The third-order valence-electron chi connectivity index (χ3n) is 5.35. The molecule has 1 heterocycles. The first-order chi connectivity index (χ1) is 11.3. The molecule has 3 rings (SSSR count). The molecule has 0 bridgehead atoms. The fourth-order valence-corrected chi connectivity index (χ4v) is 4.03. The molecule has 2 aromatic carbocycles. The van der Waals surface area contributed by atoms with Crippen LogP contribution in [0.4, 0.5) is 5.69 Å². The molecule has 24 heavy (non-hydrogen) atoms. The number of phenolic OH excluding ortho intramolecular Hbond substituents is 1. The standard InChI is InChI=1S/C22H29NO/c1-14-10-17(24)11-15(2)18(14)12-16-6-7-21-19(13-16)20(8-9-23-21)22(3,4)5/h6-7,10-11,13,20,23-24H,8-9,12H2,1-5H3. The van der Waals surface area contributed by atoms with Gasteiger partial charge in [-0.05, 0) is 84.0 Å². The van der Waals surface area contributed by atoms with Gasteiger partial charge in [-0.15, -0.1) is 0 Å². The number of aryl methyl sites for hydroxylation is 2. The smallest absolute Gasteiger partial charge is 0.116 e. The zero-order valence-electron chi connectivity index (χ0n) is 15.5. The number of rotatable bonds is 2. The maximum absolute atomic E-state index is 9.76. The summed E-state index contributed by atoms with van der Waals surface area (Å²) >= 11 is 0. The van der Waals surface area contributed by atoms with Crippen molar-refractivity contribution in [2.45, 2.75) is 53.4 Å². The summed E-state index contributed by atoms with van der Waals surface area (Å²) in [5.74, 6) is 0.951. The molecule has 1 unspecified atom stereocenters. The summed E-state index contributed by atoms with van der Waals surface area (Å²) in [4.78, 5) is 0. The lowest BCUT2D eigenvalue weighted by atomic mass is 9.72. The zero-order valence-corrected chi connectivity index (χ0v) is 15.5. The molecular weight excluding hydrogens is 294 g/mol. The summed E-state index contributed by atoms with van der Waals surface area (Å²) in [7, 11) is 0. The third-order valence-corrected chi connectivity index (χ3v) is 5.35. The third kappa shape index (κ3) is 3.28. The molecule has 2 aromatic rings. The molecule has 0 amide bonds. The topological polar surface area (TPSA) is 32.3 Å². The molecule has 0 radical (unpaired) electrons. The highest BCUT2D eigenvalue weighted by atomic mass is 16.3. The van der Waals surface area contributed by atoms with Crippen molar-refractivity contribution >= 4 is 5.69 Å². The van der Waals surface area contributed by atoms with Crippen molar-refractivity contribution in [2.75, 3.05) is 11.9 Å². The second-order valence-electron chi connectivity index (χ2n) is 8.29. The highest BCUT2D eigenvalue weighted by Crippen LogP contribution is 2.43. The number of fused-ring (bicyclic) bond motifs is 1. The number of hydrogen-bond acceptors (Lipinski definition) is 2. The summed E-state index contributed by atoms with van der Waals surface area (Å²) in [6.45, 7) is 12.2. The number of nitrogens with one attached hydrogen (secondary N) is 1. The summed E-state index contributed by atoms with van der Waals surface area (Å²) in [5.41, 5.74) is 8.03. The van der Waals surface area contributed by atoms with E-state index in [1.807, 2.05) is 12.1 Å². The van der Waals surface area contributed by atoms with Gasteiger partial charge in [-0.25, -0.2) is 0 Å². The molecule has 0 fully saturated rings. The minimum absolute atomic E-state index is 0.278. The van der Waals surface area contributed by atoms with Crippen LogP contribution in [0.2, 0.25) is 0 Å². The predicted molar refractivity (Wildman–Crippen MR) is 102 cm³/mol. The minimum Gasteiger partial charge on any atom is -0.508 e. The summed E-state index contributed by atoms with van der Waals surface area (Å²) in [6, 6.07) is 10.6. The van der Waals surface area contributed by atoms with Crippen LogP contribution in [0.5, 0.6) is 5.75 Å². The Bertz CT molecular complexity index is 732. The van der Waals surface area contributed by atoms with Crippen LogP contribution in [0, 0.1) is 19.3 Å². The first-order valence-electron chi connectivity index (χ1n) is 8.91. The molecule has 128 valence electrons. The molecule has 2 N–H and O–H groups in total. The Kier molecular flexibility index (Phi) is 4.33. The molecule has 2 heteroatoms. The van der Waals surface area contributed by atoms with Crippen LogP contribution in [0.15, 0.2) is 30.3 Å². The Morgan fingerprint density at radius 3 is 2.38 bits per heavy atom.